The van der Waals surface area contributed by atoms with Crippen LogP contribution < -0.4 is 0 Å². The molecule has 1 unspecified atom stereocenters. The number of ether oxygens (including phenoxy) is 1. The maximum atomic E-state index is 11.3. The highest BCUT2D eigenvalue weighted by atomic mass is 35.5. The third kappa shape index (κ3) is 2.29. The zero-order chi connectivity index (χ0) is 16.1. The fraction of sp³-hybridized carbons (Fsp3) is 0.400. The number of halogens is 3. The number of fused-ring (bicyclic) bond motifs is 3. The third-order valence-electron chi connectivity index (χ3n) is 4.22. The highest BCUT2D eigenvalue weighted by molar-refractivity contribution is 6.48. The van der Waals surface area contributed by atoms with E-state index in [1.54, 1.807) is 6.07 Å². The van der Waals surface area contributed by atoms with E-state index in [1.165, 1.54) is 0 Å². The first-order chi connectivity index (χ1) is 10.4. The predicted molar refractivity (Wildman–Crippen MR) is 87.2 cm³/mol. The smallest absolute Gasteiger partial charge is 0.306 e. The maximum absolute atomic E-state index is 11.3. The molecular formula is C15H14Cl3NO3. The van der Waals surface area contributed by atoms with E-state index in [2.05, 4.69) is 4.98 Å². The van der Waals surface area contributed by atoms with Crippen LogP contribution in [0, 0.1) is 0 Å². The van der Waals surface area contributed by atoms with Gasteiger partial charge in [0, 0.05) is 5.39 Å². The van der Waals surface area contributed by atoms with Crippen molar-refractivity contribution in [3.8, 4) is 0 Å². The van der Waals surface area contributed by atoms with Crippen LogP contribution in [-0.4, -0.2) is 22.7 Å². The lowest BCUT2D eigenvalue weighted by molar-refractivity contribution is -0.148. The molecule has 118 valence electrons. The fourth-order valence-electron chi connectivity index (χ4n) is 3.17. The zero-order valence-corrected chi connectivity index (χ0v) is 14.1. The lowest BCUT2D eigenvalue weighted by Crippen LogP contribution is -2.37. The van der Waals surface area contributed by atoms with Crippen LogP contribution in [0.5, 0.6) is 0 Å². The molecule has 4 nitrogen and oxygen atoms in total. The van der Waals surface area contributed by atoms with E-state index in [-0.39, 0.29) is 6.42 Å². The summed E-state index contributed by atoms with van der Waals surface area (Å²) in [5.74, 6) is -0.913. The van der Waals surface area contributed by atoms with Crippen LogP contribution in [-0.2, 0) is 21.6 Å². The van der Waals surface area contributed by atoms with Gasteiger partial charge in [-0.2, -0.15) is 0 Å². The van der Waals surface area contributed by atoms with Crippen molar-refractivity contribution < 1.29 is 14.6 Å². The molecular weight excluding hydrogens is 349 g/mol. The number of nitrogens with one attached hydrogen (secondary N) is 1. The summed E-state index contributed by atoms with van der Waals surface area (Å²) >= 11 is 18.7. The molecule has 0 fully saturated rings. The minimum atomic E-state index is -0.913. The third-order valence-corrected chi connectivity index (χ3v) is 5.30. The molecule has 1 aromatic heterocycles. The Labute approximate surface area is 142 Å². The second kappa shape index (κ2) is 5.60. The molecule has 0 spiro atoms. The summed E-state index contributed by atoms with van der Waals surface area (Å²) in [7, 11) is 0. The van der Waals surface area contributed by atoms with Crippen LogP contribution in [0.4, 0.5) is 0 Å². The number of rotatable bonds is 3. The lowest BCUT2D eigenvalue weighted by Gasteiger charge is -2.35. The number of aromatic amines is 1. The largest absolute Gasteiger partial charge is 0.481 e. The first kappa shape index (κ1) is 15.9. The average Bonchev–Trinajstić information content (AvgIpc) is 2.86. The molecule has 7 heteroatoms. The highest BCUT2D eigenvalue weighted by Gasteiger charge is 2.41. The van der Waals surface area contributed by atoms with Gasteiger partial charge in [-0.1, -0.05) is 41.7 Å². The molecule has 0 radical (unpaired) electrons. The Balaban J connectivity index is 2.32. The van der Waals surface area contributed by atoms with Crippen molar-refractivity contribution in [2.75, 3.05) is 6.61 Å². The van der Waals surface area contributed by atoms with Gasteiger partial charge in [0.25, 0.3) is 0 Å². The first-order valence-electron chi connectivity index (χ1n) is 6.94. The van der Waals surface area contributed by atoms with Gasteiger partial charge in [0.15, 0.2) is 0 Å². The molecule has 3 rings (SSSR count). The van der Waals surface area contributed by atoms with Gasteiger partial charge in [0.1, 0.15) is 5.60 Å². The molecule has 0 saturated carbocycles. The molecule has 0 aliphatic carbocycles. The number of carboxylic acids is 1. The van der Waals surface area contributed by atoms with Gasteiger partial charge < -0.3 is 14.8 Å². The summed E-state index contributed by atoms with van der Waals surface area (Å²) in [5, 5.41) is 11.3. The summed E-state index contributed by atoms with van der Waals surface area (Å²) < 4.78 is 5.86. The monoisotopic (exact) mass is 361 g/mol. The highest BCUT2D eigenvalue weighted by Crippen LogP contribution is 2.46. The number of hydrogen-bond acceptors (Lipinski definition) is 2. The van der Waals surface area contributed by atoms with Crippen LogP contribution in [0.15, 0.2) is 6.07 Å². The Hall–Kier alpha value is -0.940. The van der Waals surface area contributed by atoms with Gasteiger partial charge in [0.2, 0.25) is 0 Å². The van der Waals surface area contributed by atoms with Crippen molar-refractivity contribution in [2.24, 2.45) is 0 Å². The van der Waals surface area contributed by atoms with E-state index < -0.39 is 11.6 Å². The van der Waals surface area contributed by atoms with Gasteiger partial charge in [-0.15, -0.1) is 0 Å². The molecule has 1 aliphatic heterocycles. The fourth-order valence-corrected chi connectivity index (χ4v) is 3.95. The number of aromatic nitrogens is 1. The first-order valence-corrected chi connectivity index (χ1v) is 8.07. The average molecular weight is 363 g/mol. The second-order valence-corrected chi connectivity index (χ2v) is 6.59. The zero-order valence-electron chi connectivity index (χ0n) is 11.8. The van der Waals surface area contributed by atoms with E-state index in [9.17, 15) is 9.90 Å². The second-order valence-electron chi connectivity index (χ2n) is 5.40. The molecule has 2 aromatic rings. The van der Waals surface area contributed by atoms with E-state index in [4.69, 9.17) is 39.5 Å². The van der Waals surface area contributed by atoms with E-state index in [1.807, 2.05) is 6.92 Å². The summed E-state index contributed by atoms with van der Waals surface area (Å²) in [5.41, 5.74) is 1.47. The van der Waals surface area contributed by atoms with Crippen molar-refractivity contribution in [3.05, 3.63) is 32.4 Å². The number of aliphatic carboxylic acids is 1. The minimum Gasteiger partial charge on any atom is -0.481 e. The van der Waals surface area contributed by atoms with Gasteiger partial charge >= 0.3 is 5.97 Å². The van der Waals surface area contributed by atoms with Crippen molar-refractivity contribution in [1.82, 2.24) is 4.98 Å². The topological polar surface area (TPSA) is 62.3 Å². The summed E-state index contributed by atoms with van der Waals surface area (Å²) in [6, 6.07) is 1.58. The molecule has 2 N–H and O–H groups in total. The summed E-state index contributed by atoms with van der Waals surface area (Å²) in [6.45, 7) is 2.33. The number of H-pyrrole nitrogens is 1. The van der Waals surface area contributed by atoms with E-state index in [0.717, 1.165) is 16.6 Å². The molecule has 0 bridgehead atoms. The standard InChI is InChI=1S/C15H14Cl3NO3/c1-2-15(6-10(20)21)14-7(3-4-22-15)11-12(18)8(16)5-9(17)13(11)19-14/h5,19H,2-4,6H2,1H3,(H,20,21). The molecule has 22 heavy (non-hydrogen) atoms. The van der Waals surface area contributed by atoms with Crippen LogP contribution in [0.1, 0.15) is 31.0 Å². The molecule has 1 aliphatic rings. The molecule has 0 saturated heterocycles. The SMILES string of the molecule is CCC1(CC(=O)O)OCCc2c1[nH]c1c(Cl)cc(Cl)c(Cl)c21. The van der Waals surface area contributed by atoms with Gasteiger partial charge in [-0.3, -0.25) is 4.79 Å². The summed E-state index contributed by atoms with van der Waals surface area (Å²) in [6.07, 6.45) is 1.04. The number of benzene rings is 1. The van der Waals surface area contributed by atoms with Gasteiger partial charge in [-0.05, 0) is 24.5 Å². The molecule has 0 amide bonds. The van der Waals surface area contributed by atoms with Crippen molar-refractivity contribution in [1.29, 1.82) is 0 Å². The Bertz CT molecular complexity index is 771. The van der Waals surface area contributed by atoms with E-state index in [0.29, 0.717) is 40.0 Å². The Morgan fingerprint density at radius 2 is 2.14 bits per heavy atom. The van der Waals surface area contributed by atoms with Crippen molar-refractivity contribution in [3.63, 3.8) is 0 Å². The molecule has 2 heterocycles. The molecule has 1 atom stereocenters. The van der Waals surface area contributed by atoms with Crippen molar-refractivity contribution >= 4 is 51.7 Å². The van der Waals surface area contributed by atoms with Gasteiger partial charge in [0.05, 0.1) is 39.3 Å². The number of carbonyl (C=O) groups is 1. The number of hydrogen-bond donors (Lipinski definition) is 2. The lowest BCUT2D eigenvalue weighted by atomic mass is 9.86. The van der Waals surface area contributed by atoms with Crippen LogP contribution in [0.3, 0.4) is 0 Å². The Morgan fingerprint density at radius 3 is 2.77 bits per heavy atom. The minimum absolute atomic E-state index is 0.119. The molecule has 1 aromatic carbocycles. The Morgan fingerprint density at radius 1 is 1.41 bits per heavy atom. The van der Waals surface area contributed by atoms with Gasteiger partial charge in [-0.25, -0.2) is 0 Å². The predicted octanol–water partition coefficient (Wildman–Crippen LogP) is 4.78. The van der Waals surface area contributed by atoms with E-state index >= 15 is 0 Å². The Kier molecular flexibility index (Phi) is 4.06. The van der Waals surface area contributed by atoms with Crippen LogP contribution in [0.2, 0.25) is 15.1 Å². The quantitative estimate of drug-likeness (QED) is 0.772. The maximum Gasteiger partial charge on any atom is 0.306 e. The normalized spacial score (nSPS) is 21.1. The van der Waals surface area contributed by atoms with Crippen LogP contribution >= 0.6 is 34.8 Å². The van der Waals surface area contributed by atoms with Crippen molar-refractivity contribution in [2.45, 2.75) is 31.8 Å². The number of carboxylic acid groups (broad SMARTS) is 1. The van der Waals surface area contributed by atoms with Crippen LogP contribution in [0.25, 0.3) is 10.9 Å². The summed E-state index contributed by atoms with van der Waals surface area (Å²) in [4.78, 5) is 14.5.